The number of aryl methyl sites for hydroxylation is 1. The molecular formula is C27H39N5O4. The van der Waals surface area contributed by atoms with Crippen molar-refractivity contribution in [1.29, 1.82) is 0 Å². The lowest BCUT2D eigenvalue weighted by molar-refractivity contribution is -0.139. The molecule has 2 N–H and O–H groups in total. The van der Waals surface area contributed by atoms with E-state index in [9.17, 15) is 14.4 Å². The van der Waals surface area contributed by atoms with Gasteiger partial charge in [-0.1, -0.05) is 42.8 Å². The van der Waals surface area contributed by atoms with Gasteiger partial charge in [-0.2, -0.15) is 0 Å². The number of nitrogens with zero attached hydrogens (tertiary/aromatic N) is 3. The fraction of sp³-hybridized carbons (Fsp3) is 0.519. The molecule has 36 heavy (non-hydrogen) atoms. The van der Waals surface area contributed by atoms with Crippen molar-refractivity contribution in [2.24, 2.45) is 0 Å². The lowest BCUT2D eigenvalue weighted by Crippen LogP contribution is -2.51. The maximum atomic E-state index is 13.3. The van der Waals surface area contributed by atoms with Gasteiger partial charge in [-0.25, -0.2) is 14.4 Å². The number of benzene rings is 1. The zero-order valence-corrected chi connectivity index (χ0v) is 21.7. The summed E-state index contributed by atoms with van der Waals surface area (Å²) in [6.07, 6.45) is 3.34. The predicted octanol–water partition coefficient (Wildman–Crippen LogP) is 3.19. The van der Waals surface area contributed by atoms with Gasteiger partial charge >= 0.3 is 18.0 Å². The fourth-order valence-electron chi connectivity index (χ4n) is 4.54. The number of carbonyl (C=O) groups excluding carboxylic acids is 3. The Bertz CT molecular complexity index is 975. The normalized spacial score (nSPS) is 19.0. The van der Waals surface area contributed by atoms with Crippen LogP contribution < -0.4 is 10.6 Å². The summed E-state index contributed by atoms with van der Waals surface area (Å²) in [5, 5.41) is 5.94. The second-order valence-electron chi connectivity index (χ2n) is 9.12. The van der Waals surface area contributed by atoms with E-state index in [-0.39, 0.29) is 25.2 Å². The molecule has 1 atom stereocenters. The van der Waals surface area contributed by atoms with Crippen LogP contribution in [-0.2, 0) is 9.53 Å². The highest BCUT2D eigenvalue weighted by molar-refractivity contribution is 5.95. The molecule has 4 amide bonds. The van der Waals surface area contributed by atoms with E-state index in [1.54, 1.807) is 17.9 Å². The summed E-state index contributed by atoms with van der Waals surface area (Å²) in [4.78, 5) is 44.6. The van der Waals surface area contributed by atoms with Crippen LogP contribution in [0, 0.1) is 6.92 Å². The zero-order chi connectivity index (χ0) is 26.1. The third-order valence-corrected chi connectivity index (χ3v) is 6.43. The second-order valence-corrected chi connectivity index (χ2v) is 9.12. The van der Waals surface area contributed by atoms with Crippen molar-refractivity contribution in [2.45, 2.75) is 39.7 Å². The molecule has 0 aromatic heterocycles. The average molecular weight is 498 g/mol. The number of amides is 4. The van der Waals surface area contributed by atoms with E-state index in [0.29, 0.717) is 44.0 Å². The summed E-state index contributed by atoms with van der Waals surface area (Å²) < 4.78 is 5.47. The molecule has 0 bridgehead atoms. The van der Waals surface area contributed by atoms with Crippen molar-refractivity contribution in [2.75, 3.05) is 52.4 Å². The molecule has 3 rings (SSSR count). The number of ether oxygens (including phenoxy) is 1. The first kappa shape index (κ1) is 27.3. The van der Waals surface area contributed by atoms with Crippen LogP contribution in [0.25, 0.3) is 0 Å². The van der Waals surface area contributed by atoms with E-state index in [4.69, 9.17) is 4.74 Å². The average Bonchev–Trinajstić information content (AvgIpc) is 3.10. The Labute approximate surface area is 214 Å². The quantitative estimate of drug-likeness (QED) is 0.404. The Kier molecular flexibility index (Phi) is 9.93. The highest BCUT2D eigenvalue weighted by Gasteiger charge is 2.38. The highest BCUT2D eigenvalue weighted by atomic mass is 16.5. The Morgan fingerprint density at radius 2 is 1.92 bits per heavy atom. The van der Waals surface area contributed by atoms with E-state index < -0.39 is 12.0 Å². The molecule has 0 radical (unpaired) electrons. The molecule has 0 aliphatic carbocycles. The fourth-order valence-corrected chi connectivity index (χ4v) is 4.54. The number of urea groups is 2. The summed E-state index contributed by atoms with van der Waals surface area (Å²) in [7, 11) is 0. The minimum Gasteiger partial charge on any atom is -0.463 e. The van der Waals surface area contributed by atoms with E-state index >= 15 is 0 Å². The molecule has 1 unspecified atom stereocenters. The summed E-state index contributed by atoms with van der Waals surface area (Å²) >= 11 is 0. The standard InChI is InChI=1S/C27H39N5O4/c1-5-13-28-26(34)31-16-8-15-30(17-18-31)19-22-23(25(33)36-7-3)24(21-11-9-20(4)10-12-21)29-27(35)32(22)14-6-2/h6,9-12,24H,2,5,7-8,13-19H2,1,3-4H3,(H,28,34)(H,29,35). The van der Waals surface area contributed by atoms with Crippen molar-refractivity contribution < 1.29 is 19.1 Å². The van der Waals surface area contributed by atoms with E-state index in [1.165, 1.54) is 0 Å². The van der Waals surface area contributed by atoms with Crippen LogP contribution in [0.2, 0.25) is 0 Å². The Morgan fingerprint density at radius 1 is 1.17 bits per heavy atom. The minimum atomic E-state index is -0.614. The smallest absolute Gasteiger partial charge is 0.338 e. The number of hydrogen-bond donors (Lipinski definition) is 2. The van der Waals surface area contributed by atoms with Gasteiger partial charge in [-0.05, 0) is 32.3 Å². The van der Waals surface area contributed by atoms with E-state index in [2.05, 4.69) is 22.1 Å². The van der Waals surface area contributed by atoms with Gasteiger partial charge in [-0.15, -0.1) is 6.58 Å². The molecule has 1 aromatic rings. The van der Waals surface area contributed by atoms with Gasteiger partial charge < -0.3 is 20.3 Å². The summed E-state index contributed by atoms with van der Waals surface area (Å²) in [5.74, 6) is -0.442. The Morgan fingerprint density at radius 3 is 2.58 bits per heavy atom. The lowest BCUT2D eigenvalue weighted by atomic mass is 9.93. The molecule has 2 aliphatic rings. The molecule has 1 fully saturated rings. The topological polar surface area (TPSA) is 94.2 Å². The number of nitrogens with one attached hydrogen (secondary N) is 2. The molecule has 2 aliphatic heterocycles. The molecule has 9 heteroatoms. The molecule has 0 spiro atoms. The van der Waals surface area contributed by atoms with Gasteiger partial charge in [0.05, 0.1) is 18.2 Å². The molecule has 0 saturated carbocycles. The maximum absolute atomic E-state index is 13.3. The van der Waals surface area contributed by atoms with Gasteiger partial charge in [-0.3, -0.25) is 9.80 Å². The third kappa shape index (κ3) is 6.66. The van der Waals surface area contributed by atoms with Crippen molar-refractivity contribution in [3.05, 3.63) is 59.3 Å². The molecule has 2 heterocycles. The number of esters is 1. The van der Waals surface area contributed by atoms with Crippen molar-refractivity contribution in [3.8, 4) is 0 Å². The largest absolute Gasteiger partial charge is 0.463 e. The maximum Gasteiger partial charge on any atom is 0.338 e. The molecule has 196 valence electrons. The SMILES string of the molecule is C=CCN1C(=O)NC(c2ccc(C)cc2)C(C(=O)OCC)=C1CN1CCCN(C(=O)NCCC)CC1. The van der Waals surface area contributed by atoms with Gasteiger partial charge in [0.25, 0.3) is 0 Å². The number of rotatable bonds is 9. The monoisotopic (exact) mass is 497 g/mol. The van der Waals surface area contributed by atoms with Crippen LogP contribution in [-0.4, -0.2) is 85.2 Å². The minimum absolute atomic E-state index is 0.0464. The molecule has 9 nitrogen and oxygen atoms in total. The second kappa shape index (κ2) is 13.1. The Balaban J connectivity index is 1.94. The van der Waals surface area contributed by atoms with E-state index in [0.717, 1.165) is 30.5 Å². The molecular weight excluding hydrogens is 458 g/mol. The van der Waals surface area contributed by atoms with Crippen molar-refractivity contribution in [3.63, 3.8) is 0 Å². The van der Waals surface area contributed by atoms with Gasteiger partial charge in [0.15, 0.2) is 0 Å². The first-order chi connectivity index (χ1) is 17.4. The summed E-state index contributed by atoms with van der Waals surface area (Å²) in [6, 6.07) is 6.85. The number of carbonyl (C=O) groups is 3. The lowest BCUT2D eigenvalue weighted by Gasteiger charge is -2.38. The van der Waals surface area contributed by atoms with Crippen molar-refractivity contribution in [1.82, 2.24) is 25.3 Å². The Hall–Kier alpha value is -3.33. The molecule has 1 aromatic carbocycles. The first-order valence-electron chi connectivity index (χ1n) is 12.8. The summed E-state index contributed by atoms with van der Waals surface area (Å²) in [6.45, 7) is 13.8. The van der Waals surface area contributed by atoms with Crippen LogP contribution in [0.15, 0.2) is 48.2 Å². The summed E-state index contributed by atoms with van der Waals surface area (Å²) in [5.41, 5.74) is 2.96. The third-order valence-electron chi connectivity index (χ3n) is 6.43. The van der Waals surface area contributed by atoms with E-state index in [1.807, 2.05) is 43.0 Å². The van der Waals surface area contributed by atoms with Crippen LogP contribution in [0.3, 0.4) is 0 Å². The predicted molar refractivity (Wildman–Crippen MR) is 139 cm³/mol. The van der Waals surface area contributed by atoms with Crippen LogP contribution in [0.5, 0.6) is 0 Å². The van der Waals surface area contributed by atoms with Gasteiger partial charge in [0.1, 0.15) is 0 Å². The highest BCUT2D eigenvalue weighted by Crippen LogP contribution is 2.32. The van der Waals surface area contributed by atoms with Crippen molar-refractivity contribution >= 4 is 18.0 Å². The van der Waals surface area contributed by atoms with Gasteiger partial charge in [0, 0.05) is 51.5 Å². The number of hydrogen-bond acceptors (Lipinski definition) is 5. The first-order valence-corrected chi connectivity index (χ1v) is 12.8. The van der Waals surface area contributed by atoms with Gasteiger partial charge in [0.2, 0.25) is 0 Å². The van der Waals surface area contributed by atoms with Crippen LogP contribution in [0.1, 0.15) is 43.9 Å². The zero-order valence-electron chi connectivity index (χ0n) is 21.7. The van der Waals surface area contributed by atoms with Crippen LogP contribution in [0.4, 0.5) is 9.59 Å². The van der Waals surface area contributed by atoms with Crippen LogP contribution >= 0.6 is 0 Å². The molecule has 1 saturated heterocycles.